The Labute approximate surface area is 153 Å². The second-order valence-electron chi connectivity index (χ2n) is 5.90. The Hall–Kier alpha value is -3.76. The summed E-state index contributed by atoms with van der Waals surface area (Å²) in [5.41, 5.74) is 6.78. The van der Waals surface area contributed by atoms with Gasteiger partial charge in [0.1, 0.15) is 6.04 Å². The molecule has 11 nitrogen and oxygen atoms in total. The molecule has 0 aromatic carbocycles. The molecular formula is C16H19N9O2. The van der Waals surface area contributed by atoms with Gasteiger partial charge in [0, 0.05) is 32.1 Å². The third-order valence-electron chi connectivity index (χ3n) is 4.34. The molecule has 0 radical (unpaired) electrons. The number of nitrogens with one attached hydrogen (secondary N) is 2. The van der Waals surface area contributed by atoms with E-state index in [4.69, 9.17) is 11.1 Å². The highest BCUT2D eigenvalue weighted by molar-refractivity contribution is 6.07. The fraction of sp³-hybridized carbons (Fsp3) is 0.250. The Morgan fingerprint density at radius 2 is 2.07 bits per heavy atom. The number of carbonyl (C=O) groups is 1. The monoisotopic (exact) mass is 369 g/mol. The van der Waals surface area contributed by atoms with Crippen LogP contribution in [0.5, 0.6) is 0 Å². The molecule has 0 bridgehead atoms. The highest BCUT2D eigenvalue weighted by Crippen LogP contribution is 2.17. The Morgan fingerprint density at radius 3 is 2.74 bits per heavy atom. The summed E-state index contributed by atoms with van der Waals surface area (Å²) in [5, 5.41) is 9.98. The Morgan fingerprint density at radius 1 is 1.33 bits per heavy atom. The van der Waals surface area contributed by atoms with E-state index in [0.29, 0.717) is 22.4 Å². The van der Waals surface area contributed by atoms with E-state index < -0.39 is 6.04 Å². The normalized spacial score (nSPS) is 12.9. The molecule has 4 N–H and O–H groups in total. The standard InChI is InChI=1S/C16H19N9O2/c1-9(25-8-20-14-13(25)16(27)24(3)23(14)2)15(26)22-12-7-19-6-11(21-12)10(4-17)5-18/h4-9,17H,18H2,1-3H3,(H,21,22,26)/b10-5+,17-4?/t9-/m0/s1. The van der Waals surface area contributed by atoms with E-state index in [1.807, 2.05) is 0 Å². The number of anilines is 1. The third-order valence-corrected chi connectivity index (χ3v) is 4.34. The van der Waals surface area contributed by atoms with Gasteiger partial charge in [-0.3, -0.25) is 23.9 Å². The molecule has 3 aromatic rings. The number of fused-ring (bicyclic) bond motifs is 1. The number of rotatable bonds is 5. The highest BCUT2D eigenvalue weighted by atomic mass is 16.2. The number of nitrogens with zero attached hydrogens (tertiary/aromatic N) is 6. The van der Waals surface area contributed by atoms with Crippen LogP contribution in [0.2, 0.25) is 0 Å². The van der Waals surface area contributed by atoms with Crippen LogP contribution in [0.15, 0.2) is 29.7 Å². The van der Waals surface area contributed by atoms with Crippen molar-refractivity contribution in [1.82, 2.24) is 28.9 Å². The molecule has 27 heavy (non-hydrogen) atoms. The summed E-state index contributed by atoms with van der Waals surface area (Å²) >= 11 is 0. The molecule has 1 amide bonds. The lowest BCUT2D eigenvalue weighted by Gasteiger charge is -2.13. The van der Waals surface area contributed by atoms with Gasteiger partial charge in [-0.2, -0.15) is 0 Å². The van der Waals surface area contributed by atoms with Gasteiger partial charge >= 0.3 is 0 Å². The predicted octanol–water partition coefficient (Wildman–Crippen LogP) is 0.0124. The van der Waals surface area contributed by atoms with Gasteiger partial charge in [-0.15, -0.1) is 0 Å². The number of hydrogen-bond donors (Lipinski definition) is 3. The Balaban J connectivity index is 1.89. The third kappa shape index (κ3) is 2.99. The van der Waals surface area contributed by atoms with Crippen LogP contribution in [0.1, 0.15) is 18.7 Å². The van der Waals surface area contributed by atoms with Crippen LogP contribution in [0.25, 0.3) is 16.7 Å². The summed E-state index contributed by atoms with van der Waals surface area (Å²) < 4.78 is 4.56. The molecule has 0 saturated heterocycles. The molecule has 0 unspecified atom stereocenters. The van der Waals surface area contributed by atoms with Crippen LogP contribution in [0.3, 0.4) is 0 Å². The van der Waals surface area contributed by atoms with E-state index in [2.05, 4.69) is 20.3 Å². The first-order valence-electron chi connectivity index (χ1n) is 8.03. The number of amides is 1. The quantitative estimate of drug-likeness (QED) is 0.539. The summed E-state index contributed by atoms with van der Waals surface area (Å²) in [4.78, 5) is 37.5. The predicted molar refractivity (Wildman–Crippen MR) is 100 cm³/mol. The van der Waals surface area contributed by atoms with Gasteiger partial charge in [0.25, 0.3) is 5.56 Å². The molecule has 0 aliphatic rings. The number of allylic oxidation sites excluding steroid dienone is 1. The van der Waals surface area contributed by atoms with Gasteiger partial charge in [-0.1, -0.05) is 0 Å². The second-order valence-corrected chi connectivity index (χ2v) is 5.90. The van der Waals surface area contributed by atoms with Crippen LogP contribution in [-0.2, 0) is 18.9 Å². The zero-order chi connectivity index (χ0) is 19.7. The van der Waals surface area contributed by atoms with Crippen molar-refractivity contribution in [3.05, 3.63) is 41.0 Å². The number of nitrogens with two attached hydrogens (primary N) is 1. The fourth-order valence-corrected chi connectivity index (χ4v) is 2.65. The maximum atomic E-state index is 12.7. The van der Waals surface area contributed by atoms with Crippen molar-refractivity contribution in [3.8, 4) is 0 Å². The molecule has 3 heterocycles. The van der Waals surface area contributed by atoms with E-state index in [0.717, 1.165) is 6.21 Å². The van der Waals surface area contributed by atoms with E-state index in [9.17, 15) is 9.59 Å². The van der Waals surface area contributed by atoms with E-state index >= 15 is 0 Å². The molecule has 140 valence electrons. The van der Waals surface area contributed by atoms with Crippen LogP contribution in [0, 0.1) is 5.41 Å². The molecule has 0 aliphatic carbocycles. The van der Waals surface area contributed by atoms with Gasteiger partial charge < -0.3 is 21.0 Å². The molecule has 3 rings (SSSR count). The number of aryl methyl sites for hydroxylation is 1. The minimum atomic E-state index is -0.706. The fourth-order valence-electron chi connectivity index (χ4n) is 2.65. The minimum Gasteiger partial charge on any atom is -0.404 e. The number of aromatic nitrogens is 6. The average molecular weight is 369 g/mol. The molecule has 0 fully saturated rings. The Kier molecular flexibility index (Phi) is 4.59. The maximum absolute atomic E-state index is 12.7. The molecule has 0 spiro atoms. The number of carbonyl (C=O) groups excluding carboxylic acids is 1. The first-order valence-corrected chi connectivity index (χ1v) is 8.03. The molecular weight excluding hydrogens is 350 g/mol. The lowest BCUT2D eigenvalue weighted by Crippen LogP contribution is -2.26. The van der Waals surface area contributed by atoms with Gasteiger partial charge in [0.15, 0.2) is 17.0 Å². The van der Waals surface area contributed by atoms with Crippen LogP contribution >= 0.6 is 0 Å². The van der Waals surface area contributed by atoms with Crippen molar-refractivity contribution in [2.45, 2.75) is 13.0 Å². The van der Waals surface area contributed by atoms with Gasteiger partial charge in [-0.25, -0.2) is 9.97 Å². The zero-order valence-electron chi connectivity index (χ0n) is 15.0. The smallest absolute Gasteiger partial charge is 0.292 e. The zero-order valence-corrected chi connectivity index (χ0v) is 15.0. The van der Waals surface area contributed by atoms with Gasteiger partial charge in [-0.05, 0) is 6.92 Å². The molecule has 11 heteroatoms. The molecule has 1 atom stereocenters. The lowest BCUT2D eigenvalue weighted by atomic mass is 10.2. The van der Waals surface area contributed by atoms with Crippen molar-refractivity contribution < 1.29 is 4.79 Å². The molecule has 3 aromatic heterocycles. The number of hydrogen-bond acceptors (Lipinski definition) is 7. The van der Waals surface area contributed by atoms with Crippen molar-refractivity contribution in [1.29, 1.82) is 5.41 Å². The second kappa shape index (κ2) is 6.86. The van der Waals surface area contributed by atoms with Crippen molar-refractivity contribution >= 4 is 34.7 Å². The van der Waals surface area contributed by atoms with Crippen LogP contribution < -0.4 is 16.6 Å². The van der Waals surface area contributed by atoms with E-state index in [1.54, 1.807) is 25.7 Å². The lowest BCUT2D eigenvalue weighted by molar-refractivity contribution is -0.118. The van der Waals surface area contributed by atoms with Gasteiger partial charge in [0.05, 0.1) is 24.4 Å². The first-order chi connectivity index (χ1) is 12.9. The summed E-state index contributed by atoms with van der Waals surface area (Å²) in [6.07, 6.45) is 6.57. The summed E-state index contributed by atoms with van der Waals surface area (Å²) in [6, 6.07) is -0.706. The van der Waals surface area contributed by atoms with Crippen molar-refractivity contribution in [2.24, 2.45) is 19.8 Å². The van der Waals surface area contributed by atoms with E-state index in [1.165, 1.54) is 34.2 Å². The molecule has 0 aliphatic heterocycles. The topological polar surface area (TPSA) is 150 Å². The van der Waals surface area contributed by atoms with Crippen LogP contribution in [-0.4, -0.2) is 41.0 Å². The van der Waals surface area contributed by atoms with Crippen molar-refractivity contribution in [2.75, 3.05) is 5.32 Å². The summed E-state index contributed by atoms with van der Waals surface area (Å²) in [7, 11) is 3.35. The summed E-state index contributed by atoms with van der Waals surface area (Å²) in [5.74, 6) is -0.178. The first kappa shape index (κ1) is 18.0. The SMILES string of the molecule is C[C@@H](C(=O)Nc1cncc(/C(C=N)=C/N)n1)n1cnc2c1c(=O)n(C)n2C. The van der Waals surface area contributed by atoms with E-state index in [-0.39, 0.29) is 17.3 Å². The number of imidazole rings is 1. The maximum Gasteiger partial charge on any atom is 0.292 e. The largest absolute Gasteiger partial charge is 0.404 e. The highest BCUT2D eigenvalue weighted by Gasteiger charge is 2.22. The summed E-state index contributed by atoms with van der Waals surface area (Å²) in [6.45, 7) is 1.66. The van der Waals surface area contributed by atoms with Gasteiger partial charge in [0.2, 0.25) is 5.91 Å². The Bertz CT molecular complexity index is 1120. The molecule has 0 saturated carbocycles. The van der Waals surface area contributed by atoms with Crippen LogP contribution in [0.4, 0.5) is 5.82 Å². The minimum absolute atomic E-state index is 0.211. The van der Waals surface area contributed by atoms with Crippen molar-refractivity contribution in [3.63, 3.8) is 0 Å². The average Bonchev–Trinajstić information content (AvgIpc) is 3.19.